The van der Waals surface area contributed by atoms with Crippen LogP contribution in [0.25, 0.3) is 5.69 Å². The monoisotopic (exact) mass is 560 g/mol. The Hall–Kier alpha value is -3.35. The van der Waals surface area contributed by atoms with Gasteiger partial charge in [-0.15, -0.1) is 0 Å². The minimum Gasteiger partial charge on any atom is -0.486 e. The van der Waals surface area contributed by atoms with Gasteiger partial charge in [0.2, 0.25) is 5.75 Å². The van der Waals surface area contributed by atoms with Gasteiger partial charge < -0.3 is 14.5 Å². The first-order valence-corrected chi connectivity index (χ1v) is 14.1. The van der Waals surface area contributed by atoms with Crippen molar-refractivity contribution in [1.82, 2.24) is 14.7 Å². The van der Waals surface area contributed by atoms with E-state index in [1.165, 1.54) is 18.3 Å². The molecular weight excluding hydrogens is 530 g/mol. The summed E-state index contributed by atoms with van der Waals surface area (Å²) in [5.41, 5.74) is 0.0931. The maximum Gasteiger partial charge on any atom is 0.316 e. The molecule has 1 saturated carbocycles. The summed E-state index contributed by atoms with van der Waals surface area (Å²) >= 11 is 0. The van der Waals surface area contributed by atoms with Crippen molar-refractivity contribution in [3.8, 4) is 11.4 Å². The van der Waals surface area contributed by atoms with Gasteiger partial charge in [0.25, 0.3) is 10.1 Å². The lowest BCUT2D eigenvalue weighted by atomic mass is 10.1. The molecular formula is C27H30F2N4O5S. The Morgan fingerprint density at radius 3 is 2.23 bits per heavy atom. The fraction of sp³-hybridized carbons (Fsp3) is 0.407. The molecule has 1 aromatic heterocycles. The minimum absolute atomic E-state index is 0.00751. The Morgan fingerprint density at radius 1 is 0.974 bits per heavy atom. The third kappa shape index (κ3) is 6.13. The van der Waals surface area contributed by atoms with Crippen molar-refractivity contribution in [2.24, 2.45) is 5.41 Å². The largest absolute Gasteiger partial charge is 0.486 e. The van der Waals surface area contributed by atoms with Crippen LogP contribution in [0.5, 0.6) is 5.75 Å². The number of halogens is 2. The van der Waals surface area contributed by atoms with Crippen LogP contribution in [0.4, 0.5) is 14.5 Å². The Balaban J connectivity index is 1.39. The fourth-order valence-electron chi connectivity index (χ4n) is 4.39. The molecule has 2 heterocycles. The van der Waals surface area contributed by atoms with Crippen molar-refractivity contribution in [1.29, 1.82) is 0 Å². The van der Waals surface area contributed by atoms with E-state index in [-0.39, 0.29) is 29.5 Å². The molecule has 0 unspecified atom stereocenters. The van der Waals surface area contributed by atoms with Crippen molar-refractivity contribution >= 4 is 15.8 Å². The summed E-state index contributed by atoms with van der Waals surface area (Å²) < 4.78 is 65.6. The number of benzene rings is 2. The second-order valence-corrected chi connectivity index (χ2v) is 11.9. The van der Waals surface area contributed by atoms with Gasteiger partial charge in [-0.25, -0.2) is 8.78 Å². The van der Waals surface area contributed by atoms with Crippen LogP contribution < -0.4 is 15.2 Å². The van der Waals surface area contributed by atoms with E-state index >= 15 is 0 Å². The lowest BCUT2D eigenvalue weighted by Gasteiger charge is -2.34. The number of anilines is 1. The molecule has 5 rings (SSSR count). The Morgan fingerprint density at radius 2 is 1.62 bits per heavy atom. The Bertz CT molecular complexity index is 1500. The van der Waals surface area contributed by atoms with E-state index in [0.29, 0.717) is 37.7 Å². The highest BCUT2D eigenvalue weighted by molar-refractivity contribution is 7.86. The van der Waals surface area contributed by atoms with Gasteiger partial charge in [0.1, 0.15) is 17.3 Å². The molecule has 2 fully saturated rings. The number of hydrogen-bond donors (Lipinski definition) is 0. The zero-order chi connectivity index (χ0) is 27.8. The molecule has 2 aliphatic rings. The lowest BCUT2D eigenvalue weighted by molar-refractivity contribution is 0.162. The second-order valence-electron chi connectivity index (χ2n) is 10.3. The van der Waals surface area contributed by atoms with Gasteiger partial charge in [0.05, 0.1) is 30.0 Å². The van der Waals surface area contributed by atoms with Crippen molar-refractivity contribution < 1.29 is 26.1 Å². The summed E-state index contributed by atoms with van der Waals surface area (Å²) in [6.45, 7) is 4.61. The van der Waals surface area contributed by atoms with Gasteiger partial charge in [0.15, 0.2) is 0 Å². The molecule has 2 aromatic carbocycles. The summed E-state index contributed by atoms with van der Waals surface area (Å²) in [6, 6.07) is 9.14. The molecule has 1 aliphatic heterocycles. The topological polar surface area (TPSA) is 94.0 Å². The predicted octanol–water partition coefficient (Wildman–Crippen LogP) is 3.14. The molecule has 1 aliphatic carbocycles. The van der Waals surface area contributed by atoms with Crippen LogP contribution in [0.3, 0.4) is 0 Å². The van der Waals surface area contributed by atoms with Gasteiger partial charge >= 0.3 is 5.56 Å². The molecule has 0 amide bonds. The first kappa shape index (κ1) is 27.2. The first-order valence-electron chi connectivity index (χ1n) is 12.7. The van der Waals surface area contributed by atoms with E-state index in [0.717, 1.165) is 35.5 Å². The van der Waals surface area contributed by atoms with Gasteiger partial charge in [-0.1, -0.05) is 17.7 Å². The lowest BCUT2D eigenvalue weighted by Crippen LogP contribution is -2.45. The Kier molecular flexibility index (Phi) is 7.45. The molecule has 0 atom stereocenters. The van der Waals surface area contributed by atoms with E-state index < -0.39 is 32.7 Å². The SMILES string of the molecule is Cc1ccc(S(=O)(=O)OCC2(COc3c(N4CCN(C)CC4)cnn(-c4cc(F)cc(F)c4)c3=O)CC2)cc1. The number of likely N-dealkylation sites (N-methyl/N-ethyl adjacent to an activating group) is 1. The predicted molar refractivity (Wildman–Crippen MR) is 141 cm³/mol. The number of rotatable bonds is 9. The number of hydrogen-bond acceptors (Lipinski definition) is 8. The van der Waals surface area contributed by atoms with E-state index in [4.69, 9.17) is 8.92 Å². The molecule has 9 nitrogen and oxygen atoms in total. The molecule has 208 valence electrons. The highest BCUT2D eigenvalue weighted by atomic mass is 32.2. The second kappa shape index (κ2) is 10.7. The van der Waals surface area contributed by atoms with E-state index in [9.17, 15) is 22.0 Å². The van der Waals surface area contributed by atoms with Gasteiger partial charge in [-0.05, 0) is 51.1 Å². The molecule has 0 bridgehead atoms. The highest BCUT2D eigenvalue weighted by Crippen LogP contribution is 2.47. The van der Waals surface area contributed by atoms with Gasteiger partial charge in [-0.3, -0.25) is 8.98 Å². The summed E-state index contributed by atoms with van der Waals surface area (Å²) in [5, 5.41) is 4.19. The zero-order valence-corrected chi connectivity index (χ0v) is 22.6. The number of piperazine rings is 1. The molecule has 1 saturated heterocycles. The van der Waals surface area contributed by atoms with Crippen molar-refractivity contribution in [3.05, 3.63) is 76.2 Å². The van der Waals surface area contributed by atoms with Crippen LogP contribution in [-0.4, -0.2) is 69.5 Å². The quantitative estimate of drug-likeness (QED) is 0.369. The standard InChI is InChI=1S/C27H30F2N4O5S/c1-19-3-5-23(6-4-19)39(35,36)38-18-27(7-8-27)17-37-25-24(32-11-9-31(2)10-12-32)16-30-33(26(25)34)22-14-20(28)13-21(29)15-22/h3-6,13-16H,7-12,17-18H2,1-2H3. The maximum absolute atomic E-state index is 13.9. The van der Waals surface area contributed by atoms with Gasteiger partial charge in [-0.2, -0.15) is 18.2 Å². The summed E-state index contributed by atoms with van der Waals surface area (Å²) in [7, 11) is -1.95. The summed E-state index contributed by atoms with van der Waals surface area (Å²) in [4.78, 5) is 17.8. The molecule has 0 radical (unpaired) electrons. The Labute approximate surface area is 225 Å². The van der Waals surface area contributed by atoms with E-state index in [1.54, 1.807) is 12.1 Å². The van der Waals surface area contributed by atoms with Crippen molar-refractivity contribution in [2.75, 3.05) is 51.3 Å². The smallest absolute Gasteiger partial charge is 0.316 e. The average molecular weight is 561 g/mol. The van der Waals surface area contributed by atoms with Crippen LogP contribution in [0.2, 0.25) is 0 Å². The highest BCUT2D eigenvalue weighted by Gasteiger charge is 2.45. The van der Waals surface area contributed by atoms with Crippen LogP contribution in [0.1, 0.15) is 18.4 Å². The number of aryl methyl sites for hydroxylation is 1. The number of ether oxygens (including phenoxy) is 1. The minimum atomic E-state index is -3.96. The van der Waals surface area contributed by atoms with E-state index in [2.05, 4.69) is 10.00 Å². The molecule has 0 spiro atoms. The zero-order valence-electron chi connectivity index (χ0n) is 21.8. The van der Waals surface area contributed by atoms with Crippen LogP contribution in [-0.2, 0) is 14.3 Å². The normalized spacial score (nSPS) is 17.3. The van der Waals surface area contributed by atoms with Gasteiger partial charge in [0, 0.05) is 37.7 Å². The molecule has 0 N–H and O–H groups in total. The molecule has 3 aromatic rings. The maximum atomic E-state index is 13.9. The average Bonchev–Trinajstić information content (AvgIpc) is 3.67. The third-order valence-electron chi connectivity index (χ3n) is 7.16. The number of nitrogens with zero attached hydrogens (tertiary/aromatic N) is 4. The van der Waals surface area contributed by atoms with Crippen LogP contribution >= 0.6 is 0 Å². The summed E-state index contributed by atoms with van der Waals surface area (Å²) in [5.74, 6) is -1.69. The number of aromatic nitrogens is 2. The summed E-state index contributed by atoms with van der Waals surface area (Å²) in [6.07, 6.45) is 2.78. The van der Waals surface area contributed by atoms with E-state index in [1.807, 2.05) is 18.9 Å². The molecule has 39 heavy (non-hydrogen) atoms. The van der Waals surface area contributed by atoms with Crippen molar-refractivity contribution in [3.63, 3.8) is 0 Å². The molecule has 12 heteroatoms. The van der Waals surface area contributed by atoms with Crippen LogP contribution in [0, 0.1) is 24.0 Å². The third-order valence-corrected chi connectivity index (χ3v) is 8.44. The van der Waals surface area contributed by atoms with Crippen molar-refractivity contribution in [2.45, 2.75) is 24.7 Å². The fourth-order valence-corrected chi connectivity index (χ4v) is 5.40. The first-order chi connectivity index (χ1) is 18.6. The van der Waals surface area contributed by atoms with Crippen LogP contribution in [0.15, 0.2) is 58.4 Å².